The topological polar surface area (TPSA) is 101 Å². The van der Waals surface area contributed by atoms with Crippen molar-refractivity contribution in [3.8, 4) is 0 Å². The van der Waals surface area contributed by atoms with Gasteiger partial charge in [-0.25, -0.2) is 4.99 Å². The Kier molecular flexibility index (Phi) is 11.8. The molecule has 1 fully saturated rings. The van der Waals surface area contributed by atoms with Crippen LogP contribution in [0.4, 0.5) is 5.69 Å². The molecule has 1 aliphatic heterocycles. The molecule has 1 aromatic carbocycles. The fourth-order valence-electron chi connectivity index (χ4n) is 2.95. The van der Waals surface area contributed by atoms with E-state index in [0.29, 0.717) is 6.54 Å². The molecule has 0 bridgehead atoms. The van der Waals surface area contributed by atoms with Crippen molar-refractivity contribution in [1.82, 2.24) is 15.5 Å². The van der Waals surface area contributed by atoms with E-state index in [2.05, 4.69) is 27.4 Å². The fourth-order valence-corrected chi connectivity index (χ4v) is 2.95. The molecule has 1 aromatic rings. The highest BCUT2D eigenvalue weighted by Gasteiger charge is 2.10. The summed E-state index contributed by atoms with van der Waals surface area (Å²) in [5, 5.41) is 17.5. The highest BCUT2D eigenvalue weighted by molar-refractivity contribution is 5.79. The average molecular weight is 422 g/mol. The van der Waals surface area contributed by atoms with Gasteiger partial charge < -0.3 is 20.1 Å². The van der Waals surface area contributed by atoms with Gasteiger partial charge in [0, 0.05) is 58.1 Å². The van der Waals surface area contributed by atoms with Crippen LogP contribution in [0.25, 0.3) is 0 Å². The summed E-state index contributed by atoms with van der Waals surface area (Å²) >= 11 is 0. The van der Waals surface area contributed by atoms with Crippen LogP contribution in [0, 0.1) is 10.1 Å². The maximum Gasteiger partial charge on any atom is 0.269 e. The second-order valence-corrected chi connectivity index (χ2v) is 7.22. The predicted molar refractivity (Wildman–Crippen MR) is 118 cm³/mol. The van der Waals surface area contributed by atoms with Crippen molar-refractivity contribution >= 4 is 11.6 Å². The molecule has 0 aliphatic carbocycles. The van der Waals surface area contributed by atoms with Crippen molar-refractivity contribution in [2.45, 2.75) is 32.7 Å². The van der Waals surface area contributed by atoms with Crippen LogP contribution in [0.1, 0.15) is 31.7 Å². The molecule has 0 atom stereocenters. The van der Waals surface area contributed by atoms with E-state index in [1.165, 1.54) is 12.1 Å². The number of non-ortho nitro benzene ring substituents is 1. The van der Waals surface area contributed by atoms with Crippen LogP contribution in [0.5, 0.6) is 0 Å². The molecule has 1 heterocycles. The van der Waals surface area contributed by atoms with E-state index in [1.54, 1.807) is 12.1 Å². The first-order chi connectivity index (χ1) is 14.7. The van der Waals surface area contributed by atoms with Crippen molar-refractivity contribution in [2.24, 2.45) is 4.99 Å². The van der Waals surface area contributed by atoms with Crippen LogP contribution < -0.4 is 10.6 Å². The Hall–Kier alpha value is -2.23. The SMILES string of the molecule is CCCCOCCCNC(=NCc1ccc([N+](=O)[O-])cc1)NCCN1CCOCC1. The lowest BCUT2D eigenvalue weighted by atomic mass is 10.2. The molecule has 0 aromatic heterocycles. The molecule has 0 spiro atoms. The molecule has 0 saturated carbocycles. The summed E-state index contributed by atoms with van der Waals surface area (Å²) in [6.45, 7) is 10.1. The molecule has 30 heavy (non-hydrogen) atoms. The number of aliphatic imine (C=N–C) groups is 1. The smallest absolute Gasteiger partial charge is 0.269 e. The zero-order valence-electron chi connectivity index (χ0n) is 18.0. The number of morpholine rings is 1. The average Bonchev–Trinajstić information content (AvgIpc) is 2.77. The highest BCUT2D eigenvalue weighted by atomic mass is 16.6. The summed E-state index contributed by atoms with van der Waals surface area (Å²) < 4.78 is 11.0. The Bertz CT molecular complexity index is 633. The molecule has 9 nitrogen and oxygen atoms in total. The Morgan fingerprint density at radius 3 is 2.57 bits per heavy atom. The van der Waals surface area contributed by atoms with Gasteiger partial charge in [-0.3, -0.25) is 15.0 Å². The van der Waals surface area contributed by atoms with E-state index < -0.39 is 4.92 Å². The highest BCUT2D eigenvalue weighted by Crippen LogP contribution is 2.12. The minimum atomic E-state index is -0.393. The van der Waals surface area contributed by atoms with Gasteiger partial charge in [0.1, 0.15) is 0 Å². The monoisotopic (exact) mass is 421 g/mol. The Balaban J connectivity index is 1.80. The third-order valence-corrected chi connectivity index (χ3v) is 4.79. The van der Waals surface area contributed by atoms with Crippen molar-refractivity contribution in [3.05, 3.63) is 39.9 Å². The zero-order chi connectivity index (χ0) is 21.4. The van der Waals surface area contributed by atoms with Gasteiger partial charge in [-0.05, 0) is 18.4 Å². The van der Waals surface area contributed by atoms with E-state index in [-0.39, 0.29) is 5.69 Å². The van der Waals surface area contributed by atoms with Crippen molar-refractivity contribution < 1.29 is 14.4 Å². The Morgan fingerprint density at radius 1 is 1.17 bits per heavy atom. The van der Waals surface area contributed by atoms with Gasteiger partial charge in [-0.2, -0.15) is 0 Å². The lowest BCUT2D eigenvalue weighted by Crippen LogP contribution is -2.44. The van der Waals surface area contributed by atoms with Gasteiger partial charge in [-0.15, -0.1) is 0 Å². The van der Waals surface area contributed by atoms with E-state index in [0.717, 1.165) is 89.9 Å². The standard InChI is InChI=1S/C21H35N5O4/c1-2-3-14-29-15-4-9-22-21(23-10-11-25-12-16-30-17-13-25)24-18-19-5-7-20(8-6-19)26(27)28/h5-8H,2-4,9-18H2,1H3,(H2,22,23,24). The maximum absolute atomic E-state index is 10.8. The van der Waals surface area contributed by atoms with Gasteiger partial charge in [0.25, 0.3) is 5.69 Å². The molecule has 0 unspecified atom stereocenters. The molecule has 2 rings (SSSR count). The van der Waals surface area contributed by atoms with Crippen LogP contribution in [0.15, 0.2) is 29.3 Å². The molecule has 0 amide bonds. The van der Waals surface area contributed by atoms with E-state index in [9.17, 15) is 10.1 Å². The largest absolute Gasteiger partial charge is 0.381 e. The summed E-state index contributed by atoms with van der Waals surface area (Å²) in [6, 6.07) is 6.51. The number of rotatable bonds is 13. The minimum absolute atomic E-state index is 0.0905. The number of nitrogens with zero attached hydrogens (tertiary/aromatic N) is 3. The molecule has 9 heteroatoms. The summed E-state index contributed by atoms with van der Waals surface area (Å²) in [6.07, 6.45) is 3.15. The van der Waals surface area contributed by atoms with Crippen molar-refractivity contribution in [3.63, 3.8) is 0 Å². The fraction of sp³-hybridized carbons (Fsp3) is 0.667. The zero-order valence-corrected chi connectivity index (χ0v) is 18.0. The summed E-state index contributed by atoms with van der Waals surface area (Å²) in [5.74, 6) is 0.746. The molecule has 0 radical (unpaired) electrons. The number of nitro groups is 1. The normalized spacial score (nSPS) is 15.2. The van der Waals surface area contributed by atoms with Gasteiger partial charge in [0.15, 0.2) is 5.96 Å². The van der Waals surface area contributed by atoms with Crippen LogP contribution in [-0.2, 0) is 16.0 Å². The van der Waals surface area contributed by atoms with Crippen LogP contribution >= 0.6 is 0 Å². The first kappa shape index (κ1) is 24.0. The summed E-state index contributed by atoms with van der Waals surface area (Å²) in [4.78, 5) is 17.4. The summed E-state index contributed by atoms with van der Waals surface area (Å²) in [5.41, 5.74) is 1.02. The van der Waals surface area contributed by atoms with Gasteiger partial charge in [0.2, 0.25) is 0 Å². The predicted octanol–water partition coefficient (Wildman–Crippen LogP) is 2.17. The number of nitro benzene ring substituents is 1. The maximum atomic E-state index is 10.8. The number of hydrogen-bond acceptors (Lipinski definition) is 6. The van der Waals surface area contributed by atoms with Crippen molar-refractivity contribution in [1.29, 1.82) is 0 Å². The number of unbranched alkanes of at least 4 members (excludes halogenated alkanes) is 1. The molecule has 1 aliphatic rings. The van der Waals surface area contributed by atoms with Crippen LogP contribution in [0.3, 0.4) is 0 Å². The molecule has 1 saturated heterocycles. The van der Waals surface area contributed by atoms with Crippen LogP contribution in [-0.4, -0.2) is 74.9 Å². The summed E-state index contributed by atoms with van der Waals surface area (Å²) in [7, 11) is 0. The second-order valence-electron chi connectivity index (χ2n) is 7.22. The van der Waals surface area contributed by atoms with Crippen LogP contribution in [0.2, 0.25) is 0 Å². The number of nitrogens with one attached hydrogen (secondary N) is 2. The molecule has 168 valence electrons. The van der Waals surface area contributed by atoms with Gasteiger partial charge >= 0.3 is 0 Å². The number of guanidine groups is 1. The third-order valence-electron chi connectivity index (χ3n) is 4.79. The van der Waals surface area contributed by atoms with E-state index >= 15 is 0 Å². The lowest BCUT2D eigenvalue weighted by Gasteiger charge is -2.26. The molecule has 2 N–H and O–H groups in total. The number of ether oxygens (including phenoxy) is 2. The Labute approximate surface area is 179 Å². The minimum Gasteiger partial charge on any atom is -0.381 e. The lowest BCUT2D eigenvalue weighted by molar-refractivity contribution is -0.384. The van der Waals surface area contributed by atoms with Gasteiger partial charge in [0.05, 0.1) is 24.7 Å². The number of hydrogen-bond donors (Lipinski definition) is 2. The quantitative estimate of drug-likeness (QED) is 0.165. The molecular weight excluding hydrogens is 386 g/mol. The van der Waals surface area contributed by atoms with E-state index in [1.807, 2.05) is 0 Å². The van der Waals surface area contributed by atoms with Crippen molar-refractivity contribution in [2.75, 3.05) is 59.2 Å². The van der Waals surface area contributed by atoms with Gasteiger partial charge in [-0.1, -0.05) is 25.5 Å². The third kappa shape index (κ3) is 10.00. The second kappa shape index (κ2) is 14.7. The number of benzene rings is 1. The first-order valence-corrected chi connectivity index (χ1v) is 10.8. The van der Waals surface area contributed by atoms with E-state index in [4.69, 9.17) is 9.47 Å². The molecular formula is C21H35N5O4. The Morgan fingerprint density at radius 2 is 1.87 bits per heavy atom. The first-order valence-electron chi connectivity index (χ1n) is 10.8.